The summed E-state index contributed by atoms with van der Waals surface area (Å²) in [6.07, 6.45) is 0.615. The molecule has 0 bridgehead atoms. The number of nitrogens with one attached hydrogen (secondary N) is 1. The van der Waals surface area contributed by atoms with Crippen LogP contribution >= 0.6 is 0 Å². The normalized spacial score (nSPS) is 29.0. The molecule has 1 atom stereocenters. The minimum Gasteiger partial charge on any atom is -0.316 e. The first kappa shape index (κ1) is 6.93. The lowest BCUT2D eigenvalue weighted by atomic mass is 10.0. The maximum Gasteiger partial charge on any atom is 0.249 e. The van der Waals surface area contributed by atoms with E-state index in [0.29, 0.717) is 13.0 Å². The molecule has 1 saturated heterocycles. The maximum atomic E-state index is 12.4. The van der Waals surface area contributed by atoms with Crippen molar-refractivity contribution in [2.45, 2.75) is 19.3 Å². The highest BCUT2D eigenvalue weighted by Crippen LogP contribution is 2.27. The molecule has 0 unspecified atom stereocenters. The Labute approximate surface area is 53.4 Å². The zero-order chi connectivity index (χ0) is 6.91. The summed E-state index contributed by atoms with van der Waals surface area (Å²) in [5.74, 6) is -2.92. The van der Waals surface area contributed by atoms with Gasteiger partial charge in [-0.1, -0.05) is 0 Å². The molecule has 0 aliphatic carbocycles. The third kappa shape index (κ3) is 1.61. The summed E-state index contributed by atoms with van der Waals surface area (Å²) in [5.41, 5.74) is 0. The van der Waals surface area contributed by atoms with Crippen LogP contribution in [0.5, 0.6) is 0 Å². The SMILES string of the molecule is CC(F)(F)[C@H]1CCNC1. The number of rotatable bonds is 1. The van der Waals surface area contributed by atoms with E-state index in [4.69, 9.17) is 0 Å². The molecule has 0 aromatic rings. The largest absolute Gasteiger partial charge is 0.316 e. The van der Waals surface area contributed by atoms with Crippen LogP contribution in [0, 0.1) is 5.92 Å². The molecule has 0 spiro atoms. The van der Waals surface area contributed by atoms with Gasteiger partial charge in [0.05, 0.1) is 0 Å². The predicted molar refractivity (Wildman–Crippen MR) is 31.6 cm³/mol. The summed E-state index contributed by atoms with van der Waals surface area (Å²) in [5, 5.41) is 2.90. The van der Waals surface area contributed by atoms with Crippen LogP contribution < -0.4 is 5.32 Å². The van der Waals surface area contributed by atoms with Crippen LogP contribution in [0.3, 0.4) is 0 Å². The van der Waals surface area contributed by atoms with Crippen molar-refractivity contribution in [1.29, 1.82) is 0 Å². The van der Waals surface area contributed by atoms with Gasteiger partial charge in [-0.05, 0) is 19.9 Å². The van der Waals surface area contributed by atoms with E-state index in [1.165, 1.54) is 0 Å². The quantitative estimate of drug-likeness (QED) is 0.570. The molecular formula is C6H11F2N. The molecule has 1 nitrogen and oxygen atoms in total. The Morgan fingerprint density at radius 2 is 2.22 bits per heavy atom. The van der Waals surface area contributed by atoms with Crippen LogP contribution in [0.15, 0.2) is 0 Å². The lowest BCUT2D eigenvalue weighted by Crippen LogP contribution is -2.26. The van der Waals surface area contributed by atoms with Gasteiger partial charge >= 0.3 is 0 Å². The van der Waals surface area contributed by atoms with Gasteiger partial charge in [-0.15, -0.1) is 0 Å². The van der Waals surface area contributed by atoms with Gasteiger partial charge in [-0.25, -0.2) is 8.78 Å². The molecule has 0 aromatic carbocycles. The van der Waals surface area contributed by atoms with E-state index in [9.17, 15) is 8.78 Å². The summed E-state index contributed by atoms with van der Waals surface area (Å²) in [6.45, 7) is 2.21. The van der Waals surface area contributed by atoms with Crippen LogP contribution in [0.25, 0.3) is 0 Å². The number of alkyl halides is 2. The van der Waals surface area contributed by atoms with Crippen molar-refractivity contribution >= 4 is 0 Å². The second-order valence-corrected chi connectivity index (χ2v) is 2.65. The molecule has 0 saturated carbocycles. The second-order valence-electron chi connectivity index (χ2n) is 2.65. The van der Waals surface area contributed by atoms with Crippen molar-refractivity contribution in [3.05, 3.63) is 0 Å². The monoisotopic (exact) mass is 135 g/mol. The second kappa shape index (κ2) is 2.21. The Balaban J connectivity index is 2.42. The molecular weight excluding hydrogens is 124 g/mol. The molecule has 3 heteroatoms. The van der Waals surface area contributed by atoms with E-state index in [1.807, 2.05) is 0 Å². The fourth-order valence-corrected chi connectivity index (χ4v) is 1.09. The lowest BCUT2D eigenvalue weighted by molar-refractivity contribution is -0.0314. The van der Waals surface area contributed by atoms with E-state index >= 15 is 0 Å². The first-order chi connectivity index (χ1) is 4.11. The summed E-state index contributed by atoms with van der Waals surface area (Å²) >= 11 is 0. The summed E-state index contributed by atoms with van der Waals surface area (Å²) < 4.78 is 24.8. The van der Waals surface area contributed by atoms with E-state index in [2.05, 4.69) is 5.32 Å². The minimum absolute atomic E-state index is 0.433. The molecule has 1 aliphatic heterocycles. The van der Waals surface area contributed by atoms with Gasteiger partial charge in [0.2, 0.25) is 5.92 Å². The Hall–Kier alpha value is -0.180. The van der Waals surface area contributed by atoms with Crippen LogP contribution in [0.1, 0.15) is 13.3 Å². The molecule has 0 aromatic heterocycles. The van der Waals surface area contributed by atoms with Crippen molar-refractivity contribution in [2.75, 3.05) is 13.1 Å². The van der Waals surface area contributed by atoms with Crippen LogP contribution in [-0.2, 0) is 0 Å². The standard InChI is InChI=1S/C6H11F2N/c1-6(7,8)5-2-3-9-4-5/h5,9H,2-4H2,1H3/t5-/m0/s1. The first-order valence-corrected chi connectivity index (χ1v) is 3.19. The maximum absolute atomic E-state index is 12.4. The summed E-state index contributed by atoms with van der Waals surface area (Å²) in [4.78, 5) is 0. The van der Waals surface area contributed by atoms with Gasteiger partial charge in [0.25, 0.3) is 0 Å². The fraction of sp³-hybridized carbons (Fsp3) is 1.00. The molecule has 54 valence electrons. The predicted octanol–water partition coefficient (Wildman–Crippen LogP) is 1.25. The smallest absolute Gasteiger partial charge is 0.249 e. The van der Waals surface area contributed by atoms with E-state index in [1.54, 1.807) is 0 Å². The van der Waals surface area contributed by atoms with E-state index in [-0.39, 0.29) is 0 Å². The number of halogens is 2. The minimum atomic E-state index is -2.48. The molecule has 1 N–H and O–H groups in total. The van der Waals surface area contributed by atoms with Crippen molar-refractivity contribution in [2.24, 2.45) is 5.92 Å². The first-order valence-electron chi connectivity index (χ1n) is 3.19. The average Bonchev–Trinajstić information content (AvgIpc) is 2.08. The highest BCUT2D eigenvalue weighted by Gasteiger charge is 2.35. The molecule has 0 amide bonds. The molecule has 1 heterocycles. The van der Waals surface area contributed by atoms with E-state index < -0.39 is 11.8 Å². The van der Waals surface area contributed by atoms with Crippen molar-refractivity contribution in [3.8, 4) is 0 Å². The molecule has 9 heavy (non-hydrogen) atoms. The van der Waals surface area contributed by atoms with Crippen LogP contribution in [0.4, 0.5) is 8.78 Å². The van der Waals surface area contributed by atoms with Crippen molar-refractivity contribution < 1.29 is 8.78 Å². The lowest BCUT2D eigenvalue weighted by Gasteiger charge is -2.16. The van der Waals surface area contributed by atoms with Gasteiger partial charge in [0.15, 0.2) is 0 Å². The molecule has 1 fully saturated rings. The third-order valence-corrected chi connectivity index (χ3v) is 1.78. The Bertz CT molecular complexity index is 91.7. The highest BCUT2D eigenvalue weighted by atomic mass is 19.3. The topological polar surface area (TPSA) is 12.0 Å². The zero-order valence-corrected chi connectivity index (χ0v) is 5.45. The van der Waals surface area contributed by atoms with Crippen LogP contribution in [0.2, 0.25) is 0 Å². The van der Waals surface area contributed by atoms with Gasteiger partial charge in [-0.2, -0.15) is 0 Å². The third-order valence-electron chi connectivity index (χ3n) is 1.78. The van der Waals surface area contributed by atoms with Gasteiger partial charge in [-0.3, -0.25) is 0 Å². The average molecular weight is 135 g/mol. The van der Waals surface area contributed by atoms with Crippen molar-refractivity contribution in [3.63, 3.8) is 0 Å². The Morgan fingerprint density at radius 1 is 1.56 bits per heavy atom. The fourth-order valence-electron chi connectivity index (χ4n) is 1.09. The molecule has 1 aliphatic rings. The Kier molecular flexibility index (Phi) is 1.70. The molecule has 1 rings (SSSR count). The van der Waals surface area contributed by atoms with Gasteiger partial charge < -0.3 is 5.32 Å². The number of hydrogen-bond donors (Lipinski definition) is 1. The van der Waals surface area contributed by atoms with Gasteiger partial charge in [0, 0.05) is 12.5 Å². The van der Waals surface area contributed by atoms with Gasteiger partial charge in [0.1, 0.15) is 0 Å². The molecule has 0 radical (unpaired) electrons. The van der Waals surface area contributed by atoms with E-state index in [0.717, 1.165) is 13.5 Å². The summed E-state index contributed by atoms with van der Waals surface area (Å²) in [7, 11) is 0. The Morgan fingerprint density at radius 3 is 2.44 bits per heavy atom. The van der Waals surface area contributed by atoms with Crippen LogP contribution in [-0.4, -0.2) is 19.0 Å². The summed E-state index contributed by atoms with van der Waals surface area (Å²) in [6, 6.07) is 0. The number of hydrogen-bond acceptors (Lipinski definition) is 1. The highest BCUT2D eigenvalue weighted by molar-refractivity contribution is 4.80. The van der Waals surface area contributed by atoms with Crippen molar-refractivity contribution in [1.82, 2.24) is 5.32 Å². The zero-order valence-electron chi connectivity index (χ0n) is 5.45.